The molecule has 108 valence electrons. The summed E-state index contributed by atoms with van der Waals surface area (Å²) < 4.78 is 0. The summed E-state index contributed by atoms with van der Waals surface area (Å²) in [5.74, 6) is 0.0734. The lowest BCUT2D eigenvalue weighted by Gasteiger charge is -2.31. The van der Waals surface area contributed by atoms with Gasteiger partial charge >= 0.3 is 0 Å². The summed E-state index contributed by atoms with van der Waals surface area (Å²) in [6.07, 6.45) is 5.33. The van der Waals surface area contributed by atoms with Gasteiger partial charge in [-0.2, -0.15) is 0 Å². The highest BCUT2D eigenvalue weighted by atomic mass is 16.2. The SMILES string of the molecule is CC1CN(C(=O)/C=C/c2ccnc3ccccc23)CCN1. The summed E-state index contributed by atoms with van der Waals surface area (Å²) >= 11 is 0. The lowest BCUT2D eigenvalue weighted by Crippen LogP contribution is -2.50. The Morgan fingerprint density at radius 1 is 1.38 bits per heavy atom. The monoisotopic (exact) mass is 281 g/mol. The maximum Gasteiger partial charge on any atom is 0.246 e. The number of para-hydroxylation sites is 1. The normalized spacial score (nSPS) is 19.3. The van der Waals surface area contributed by atoms with E-state index in [-0.39, 0.29) is 5.91 Å². The zero-order valence-electron chi connectivity index (χ0n) is 12.1. The summed E-state index contributed by atoms with van der Waals surface area (Å²) in [4.78, 5) is 18.5. The number of nitrogens with zero attached hydrogens (tertiary/aromatic N) is 2. The van der Waals surface area contributed by atoms with Crippen molar-refractivity contribution in [3.8, 4) is 0 Å². The molecule has 0 saturated carbocycles. The number of hydrogen-bond acceptors (Lipinski definition) is 3. The molecule has 0 bridgehead atoms. The fourth-order valence-electron chi connectivity index (χ4n) is 2.66. The molecule has 1 saturated heterocycles. The number of carbonyl (C=O) groups is 1. The van der Waals surface area contributed by atoms with Gasteiger partial charge in [-0.15, -0.1) is 0 Å². The molecule has 2 aromatic rings. The number of fused-ring (bicyclic) bond motifs is 1. The first-order chi connectivity index (χ1) is 10.2. The minimum atomic E-state index is 0.0734. The summed E-state index contributed by atoms with van der Waals surface area (Å²) in [6, 6.07) is 10.3. The van der Waals surface area contributed by atoms with Gasteiger partial charge in [0.1, 0.15) is 0 Å². The largest absolute Gasteiger partial charge is 0.336 e. The van der Waals surface area contributed by atoms with Crippen LogP contribution in [0.2, 0.25) is 0 Å². The minimum Gasteiger partial charge on any atom is -0.336 e. The molecule has 1 aliphatic heterocycles. The van der Waals surface area contributed by atoms with Gasteiger partial charge < -0.3 is 10.2 Å². The van der Waals surface area contributed by atoms with Crippen molar-refractivity contribution >= 4 is 22.9 Å². The molecule has 0 aliphatic carbocycles. The van der Waals surface area contributed by atoms with E-state index in [2.05, 4.69) is 17.2 Å². The molecule has 1 atom stereocenters. The second-order valence-electron chi connectivity index (χ2n) is 5.39. The lowest BCUT2D eigenvalue weighted by atomic mass is 10.1. The number of amides is 1. The van der Waals surface area contributed by atoms with Crippen molar-refractivity contribution in [3.63, 3.8) is 0 Å². The summed E-state index contributed by atoms with van der Waals surface area (Å²) in [7, 11) is 0. The molecular formula is C17H19N3O. The Hall–Kier alpha value is -2.20. The van der Waals surface area contributed by atoms with Crippen LogP contribution in [0.4, 0.5) is 0 Å². The fourth-order valence-corrected chi connectivity index (χ4v) is 2.66. The second-order valence-corrected chi connectivity index (χ2v) is 5.39. The van der Waals surface area contributed by atoms with Gasteiger partial charge in [0.15, 0.2) is 0 Å². The molecule has 1 fully saturated rings. The van der Waals surface area contributed by atoms with E-state index in [4.69, 9.17) is 0 Å². The molecule has 1 aliphatic rings. The van der Waals surface area contributed by atoms with Crippen LogP contribution in [0.1, 0.15) is 12.5 Å². The first-order valence-corrected chi connectivity index (χ1v) is 7.28. The third-order valence-corrected chi connectivity index (χ3v) is 3.77. The van der Waals surface area contributed by atoms with Gasteiger partial charge in [-0.25, -0.2) is 0 Å². The van der Waals surface area contributed by atoms with E-state index in [1.54, 1.807) is 12.3 Å². The van der Waals surface area contributed by atoms with Crippen LogP contribution in [0, 0.1) is 0 Å². The van der Waals surface area contributed by atoms with Gasteiger partial charge in [-0.1, -0.05) is 18.2 Å². The molecule has 3 rings (SSSR count). The van der Waals surface area contributed by atoms with Gasteiger partial charge in [-0.3, -0.25) is 9.78 Å². The highest BCUT2D eigenvalue weighted by Crippen LogP contribution is 2.17. The van der Waals surface area contributed by atoms with Gasteiger partial charge in [-0.05, 0) is 30.7 Å². The van der Waals surface area contributed by atoms with Crippen LogP contribution in [-0.4, -0.2) is 41.5 Å². The molecule has 21 heavy (non-hydrogen) atoms. The van der Waals surface area contributed by atoms with Crippen LogP contribution in [0.15, 0.2) is 42.6 Å². The molecule has 1 aromatic carbocycles. The van der Waals surface area contributed by atoms with E-state index < -0.39 is 0 Å². The quantitative estimate of drug-likeness (QED) is 0.857. The molecule has 1 N–H and O–H groups in total. The lowest BCUT2D eigenvalue weighted by molar-refractivity contribution is -0.127. The predicted molar refractivity (Wildman–Crippen MR) is 84.8 cm³/mol. The Morgan fingerprint density at radius 2 is 2.24 bits per heavy atom. The van der Waals surface area contributed by atoms with Crippen molar-refractivity contribution in [1.29, 1.82) is 0 Å². The molecule has 0 radical (unpaired) electrons. The van der Waals surface area contributed by atoms with Crippen LogP contribution < -0.4 is 5.32 Å². The number of piperazine rings is 1. The van der Waals surface area contributed by atoms with Gasteiger partial charge in [0, 0.05) is 43.3 Å². The van der Waals surface area contributed by atoms with E-state index in [1.807, 2.05) is 41.3 Å². The van der Waals surface area contributed by atoms with Gasteiger partial charge in [0.2, 0.25) is 5.91 Å². The van der Waals surface area contributed by atoms with Crippen LogP contribution in [0.25, 0.3) is 17.0 Å². The Labute approximate surface area is 124 Å². The van der Waals surface area contributed by atoms with Gasteiger partial charge in [0.25, 0.3) is 0 Å². The van der Waals surface area contributed by atoms with Gasteiger partial charge in [0.05, 0.1) is 5.52 Å². The molecule has 4 heteroatoms. The number of carbonyl (C=O) groups excluding carboxylic acids is 1. The molecule has 4 nitrogen and oxygen atoms in total. The molecule has 2 heterocycles. The van der Waals surface area contributed by atoms with Crippen molar-refractivity contribution in [2.24, 2.45) is 0 Å². The van der Waals surface area contributed by atoms with E-state index >= 15 is 0 Å². The van der Waals surface area contributed by atoms with Crippen LogP contribution in [0.5, 0.6) is 0 Å². The third-order valence-electron chi connectivity index (χ3n) is 3.77. The molecule has 0 spiro atoms. The van der Waals surface area contributed by atoms with Crippen molar-refractivity contribution in [1.82, 2.24) is 15.2 Å². The molecule has 1 amide bonds. The van der Waals surface area contributed by atoms with Crippen molar-refractivity contribution in [2.75, 3.05) is 19.6 Å². The molecule has 1 unspecified atom stereocenters. The van der Waals surface area contributed by atoms with Crippen LogP contribution >= 0.6 is 0 Å². The second kappa shape index (κ2) is 6.06. The number of rotatable bonds is 2. The van der Waals surface area contributed by atoms with E-state index in [0.29, 0.717) is 6.04 Å². The molecule has 1 aromatic heterocycles. The van der Waals surface area contributed by atoms with E-state index in [1.165, 1.54) is 0 Å². The Morgan fingerprint density at radius 3 is 3.10 bits per heavy atom. The summed E-state index contributed by atoms with van der Waals surface area (Å²) in [5.41, 5.74) is 1.97. The summed E-state index contributed by atoms with van der Waals surface area (Å²) in [6.45, 7) is 4.49. The number of benzene rings is 1. The number of aromatic nitrogens is 1. The standard InChI is InChI=1S/C17H19N3O/c1-13-12-20(11-10-18-13)17(21)7-6-14-8-9-19-16-5-3-2-4-15(14)16/h2-9,13,18H,10-12H2,1H3/b7-6+. The van der Waals surface area contributed by atoms with Crippen LogP contribution in [-0.2, 0) is 4.79 Å². The first kappa shape index (κ1) is 13.8. The zero-order chi connectivity index (χ0) is 14.7. The van der Waals surface area contributed by atoms with E-state index in [9.17, 15) is 4.79 Å². The van der Waals surface area contributed by atoms with Crippen molar-refractivity contribution in [3.05, 3.63) is 48.2 Å². The fraction of sp³-hybridized carbons (Fsp3) is 0.294. The number of pyridine rings is 1. The topological polar surface area (TPSA) is 45.2 Å². The van der Waals surface area contributed by atoms with E-state index in [0.717, 1.165) is 36.1 Å². The Bertz CT molecular complexity index is 675. The maximum atomic E-state index is 12.2. The average Bonchev–Trinajstić information content (AvgIpc) is 2.52. The predicted octanol–water partition coefficient (Wildman–Crippen LogP) is 2.07. The Balaban J connectivity index is 1.80. The third kappa shape index (κ3) is 3.11. The van der Waals surface area contributed by atoms with Crippen LogP contribution in [0.3, 0.4) is 0 Å². The average molecular weight is 281 g/mol. The van der Waals surface area contributed by atoms with Crippen molar-refractivity contribution in [2.45, 2.75) is 13.0 Å². The number of nitrogens with one attached hydrogen (secondary N) is 1. The highest BCUT2D eigenvalue weighted by molar-refractivity contribution is 5.95. The smallest absolute Gasteiger partial charge is 0.246 e. The maximum absolute atomic E-state index is 12.2. The summed E-state index contributed by atoms with van der Waals surface area (Å²) in [5, 5.41) is 4.41. The number of hydrogen-bond donors (Lipinski definition) is 1. The first-order valence-electron chi connectivity index (χ1n) is 7.28. The molecular weight excluding hydrogens is 262 g/mol. The Kier molecular flexibility index (Phi) is 3.97. The minimum absolute atomic E-state index is 0.0734. The van der Waals surface area contributed by atoms with Crippen molar-refractivity contribution < 1.29 is 4.79 Å². The zero-order valence-corrected chi connectivity index (χ0v) is 12.1. The highest BCUT2D eigenvalue weighted by Gasteiger charge is 2.18.